The molecule has 0 spiro atoms. The van der Waals surface area contributed by atoms with E-state index < -0.39 is 103 Å². The van der Waals surface area contributed by atoms with Crippen molar-refractivity contribution >= 4 is 31.5 Å². The normalized spacial score (nSPS) is 17.1. The average molecular weight is 1050 g/mol. The molecule has 6 rings (SSSR count). The summed E-state index contributed by atoms with van der Waals surface area (Å²) >= 11 is 0. The van der Waals surface area contributed by atoms with Crippen molar-refractivity contribution in [2.45, 2.75) is 135 Å². The number of nitrogens with zero attached hydrogens (tertiary/aromatic N) is 2. The molecule has 12 nitrogen and oxygen atoms in total. The molecule has 4 aromatic rings. The summed E-state index contributed by atoms with van der Waals surface area (Å²) in [5.41, 5.74) is -4.16. The number of sulfone groups is 2. The zero-order valence-electron chi connectivity index (χ0n) is 40.0. The third-order valence-corrected chi connectivity index (χ3v) is 14.0. The zero-order chi connectivity index (χ0) is 53.9. The molecule has 0 bridgehead atoms. The predicted octanol–water partition coefficient (Wildman–Crippen LogP) is 9.26. The summed E-state index contributed by atoms with van der Waals surface area (Å²) in [7, 11) is -6.78. The second-order valence-electron chi connectivity index (χ2n) is 19.4. The van der Waals surface area contributed by atoms with Crippen molar-refractivity contribution < 1.29 is 61.5 Å². The van der Waals surface area contributed by atoms with Crippen molar-refractivity contribution in [2.75, 3.05) is 12.5 Å². The molecule has 2 amide bonds. The highest BCUT2D eigenvalue weighted by atomic mass is 32.2. The third-order valence-electron chi connectivity index (χ3n) is 11.8. The molecule has 2 aliphatic carbocycles. The van der Waals surface area contributed by atoms with Gasteiger partial charge in [-0.1, -0.05) is 72.8 Å². The van der Waals surface area contributed by atoms with E-state index in [1.165, 1.54) is 100 Å². The maximum atomic E-state index is 14.4. The van der Waals surface area contributed by atoms with Gasteiger partial charge >= 0.3 is 12.4 Å². The van der Waals surface area contributed by atoms with Crippen molar-refractivity contribution in [3.63, 3.8) is 0 Å². The largest absolute Gasteiger partial charge is 0.407 e. The highest BCUT2D eigenvalue weighted by Crippen LogP contribution is 2.39. The van der Waals surface area contributed by atoms with E-state index in [1.807, 2.05) is 12.1 Å². The van der Waals surface area contributed by atoms with E-state index in [1.54, 1.807) is 24.3 Å². The molecule has 0 radical (unpaired) electrons. The number of hydrogen-bond donors (Lipinski definition) is 4. The first kappa shape index (κ1) is 57.0. The zero-order valence-corrected chi connectivity index (χ0v) is 41.6. The van der Waals surface area contributed by atoms with Gasteiger partial charge in [-0.2, -0.15) is 36.9 Å². The number of halogens is 8. The smallest absolute Gasteiger partial charge is 0.336 e. The average Bonchev–Trinajstić information content (AvgIpc) is 4.22. The molecule has 0 saturated heterocycles. The van der Waals surface area contributed by atoms with Gasteiger partial charge < -0.3 is 10.6 Å². The molecular formula is C50H54F8N6O6S2. The Morgan fingerprint density at radius 1 is 0.514 bits per heavy atom. The molecule has 22 heteroatoms. The Balaban J connectivity index is 0.000000267. The number of amides is 2. The summed E-state index contributed by atoms with van der Waals surface area (Å²) in [6.07, 6.45) is -6.98. The SMILES string of the molecule is CC(C)(F)C[C@@H](N[C@H](c1ccc(-c2ccc(S(C)(=O)=O)cc2)cc1)C(F)(F)F)C(=O)NC1(C#N)CC1.CC(C)(F)C[C@H](N[C@@H](c1ccc(-c2ccc(S(C)(=O)=O)cc2)cc1)C(F)(F)F)C(=O)NC1(C#N)CC1. The molecule has 4 N–H and O–H groups in total. The van der Waals surface area contributed by atoms with Crippen LogP contribution in [-0.4, -0.2) is 88.0 Å². The number of hydrogen-bond acceptors (Lipinski definition) is 10. The van der Waals surface area contributed by atoms with Crippen LogP contribution in [0.1, 0.15) is 89.4 Å². The molecule has 72 heavy (non-hydrogen) atoms. The van der Waals surface area contributed by atoms with Crippen LogP contribution in [0.25, 0.3) is 22.3 Å². The molecule has 2 fully saturated rings. The Bertz CT molecular complexity index is 2680. The summed E-state index contributed by atoms with van der Waals surface area (Å²) in [6, 6.07) is 18.9. The van der Waals surface area contributed by atoms with E-state index >= 15 is 0 Å². The second-order valence-corrected chi connectivity index (χ2v) is 23.5. The van der Waals surface area contributed by atoms with Crippen molar-refractivity contribution in [1.82, 2.24) is 21.3 Å². The van der Waals surface area contributed by atoms with Crippen LogP contribution in [0.3, 0.4) is 0 Å². The summed E-state index contributed by atoms with van der Waals surface area (Å²) in [5.74, 6) is -1.73. The van der Waals surface area contributed by atoms with E-state index in [4.69, 9.17) is 0 Å². The summed E-state index contributed by atoms with van der Waals surface area (Å²) in [6.45, 7) is 4.66. The van der Waals surface area contributed by atoms with Crippen LogP contribution in [0.2, 0.25) is 0 Å². The van der Waals surface area contributed by atoms with Gasteiger partial charge in [0.05, 0.1) is 34.0 Å². The van der Waals surface area contributed by atoms with Crippen molar-refractivity contribution in [1.29, 1.82) is 10.5 Å². The minimum atomic E-state index is -4.80. The number of nitriles is 2. The van der Waals surface area contributed by atoms with Gasteiger partial charge in [-0.3, -0.25) is 20.2 Å². The summed E-state index contributed by atoms with van der Waals surface area (Å²) in [4.78, 5) is 25.8. The molecule has 0 aromatic heterocycles. The van der Waals surface area contributed by atoms with Gasteiger partial charge in [0.1, 0.15) is 34.5 Å². The minimum Gasteiger partial charge on any atom is -0.336 e. The fraction of sp³-hybridized carbons (Fsp3) is 0.440. The molecule has 2 aliphatic rings. The van der Waals surface area contributed by atoms with Gasteiger partial charge in [-0.25, -0.2) is 25.6 Å². The maximum absolute atomic E-state index is 14.4. The monoisotopic (exact) mass is 1050 g/mol. The van der Waals surface area contributed by atoms with E-state index in [0.717, 1.165) is 12.5 Å². The van der Waals surface area contributed by atoms with E-state index in [0.29, 0.717) is 47.9 Å². The molecular weight excluding hydrogens is 997 g/mol. The van der Waals surface area contributed by atoms with Crippen molar-refractivity contribution in [3.05, 3.63) is 108 Å². The minimum absolute atomic E-state index is 0.119. The van der Waals surface area contributed by atoms with Gasteiger partial charge in [-0.15, -0.1) is 0 Å². The first-order chi connectivity index (χ1) is 33.1. The lowest BCUT2D eigenvalue weighted by Gasteiger charge is -2.30. The van der Waals surface area contributed by atoms with E-state index in [9.17, 15) is 72.1 Å². The molecule has 0 aliphatic heterocycles. The third kappa shape index (κ3) is 16.0. The van der Waals surface area contributed by atoms with Gasteiger partial charge in [0.2, 0.25) is 11.8 Å². The van der Waals surface area contributed by atoms with Gasteiger partial charge in [0.15, 0.2) is 19.7 Å². The lowest BCUT2D eigenvalue weighted by Crippen LogP contribution is -2.53. The fourth-order valence-electron chi connectivity index (χ4n) is 7.54. The molecule has 388 valence electrons. The number of nitrogens with one attached hydrogen (secondary N) is 4. The van der Waals surface area contributed by atoms with Gasteiger partial charge in [-0.05, 0) is 111 Å². The van der Waals surface area contributed by atoms with Crippen LogP contribution in [-0.2, 0) is 29.3 Å². The Hall–Kier alpha value is -5.94. The number of alkyl halides is 8. The summed E-state index contributed by atoms with van der Waals surface area (Å²) in [5, 5.41) is 27.9. The highest BCUT2D eigenvalue weighted by molar-refractivity contribution is 7.91. The summed E-state index contributed by atoms with van der Waals surface area (Å²) < 4.78 is 160. The number of benzene rings is 4. The lowest BCUT2D eigenvalue weighted by atomic mass is 9.96. The topological polar surface area (TPSA) is 198 Å². The van der Waals surface area contributed by atoms with E-state index in [2.05, 4.69) is 21.3 Å². The maximum Gasteiger partial charge on any atom is 0.407 e. The Labute approximate surface area is 413 Å². The van der Waals surface area contributed by atoms with Crippen LogP contribution >= 0.6 is 0 Å². The van der Waals surface area contributed by atoms with Crippen LogP contribution in [0.5, 0.6) is 0 Å². The van der Waals surface area contributed by atoms with Crippen LogP contribution in [0.4, 0.5) is 35.1 Å². The fourth-order valence-corrected chi connectivity index (χ4v) is 8.80. The predicted molar refractivity (Wildman–Crippen MR) is 252 cm³/mol. The molecule has 4 atom stereocenters. The Kier molecular flexibility index (Phi) is 16.8. The lowest BCUT2D eigenvalue weighted by molar-refractivity contribution is -0.162. The molecule has 0 heterocycles. The first-order valence-corrected chi connectivity index (χ1v) is 26.2. The van der Waals surface area contributed by atoms with Crippen LogP contribution in [0.15, 0.2) is 107 Å². The molecule has 4 aromatic carbocycles. The Morgan fingerprint density at radius 3 is 0.958 bits per heavy atom. The number of carbonyl (C=O) groups excluding carboxylic acids is 2. The Morgan fingerprint density at radius 2 is 0.764 bits per heavy atom. The molecule has 0 unspecified atom stereocenters. The van der Waals surface area contributed by atoms with E-state index in [-0.39, 0.29) is 20.9 Å². The van der Waals surface area contributed by atoms with Gasteiger partial charge in [0.25, 0.3) is 0 Å². The van der Waals surface area contributed by atoms with Crippen molar-refractivity contribution in [3.8, 4) is 34.4 Å². The number of carbonyl (C=O) groups is 2. The van der Waals surface area contributed by atoms with Crippen molar-refractivity contribution in [2.24, 2.45) is 0 Å². The second kappa shape index (κ2) is 21.3. The van der Waals surface area contributed by atoms with Crippen LogP contribution in [0, 0.1) is 22.7 Å². The van der Waals surface area contributed by atoms with Crippen LogP contribution < -0.4 is 21.3 Å². The standard InChI is InChI=1S/2C25H27F4N3O3S/c2*1-23(2,26)14-20(22(33)32-24(15-30)12-13-24)31-21(25(27,28)29)18-6-4-16(5-7-18)17-8-10-19(11-9-17)36(3,34)35/h2*4-11,20-21,31H,12-14H2,1-3H3,(H,32,33)/t2*20-,21-/m10/s1. The van der Waals surface area contributed by atoms with Gasteiger partial charge in [0, 0.05) is 25.4 Å². The first-order valence-electron chi connectivity index (χ1n) is 22.4. The quantitative estimate of drug-likeness (QED) is 0.0697. The number of rotatable bonds is 18. The highest BCUT2D eigenvalue weighted by Gasteiger charge is 2.50. The molecule has 2 saturated carbocycles.